The number of hydrogen-bond donors (Lipinski definition) is 2. The molecule has 0 aromatic heterocycles. The normalized spacial score (nSPS) is 12.9. The van der Waals surface area contributed by atoms with Crippen LogP contribution in [0.3, 0.4) is 0 Å². The zero-order valence-electron chi connectivity index (χ0n) is 8.55. The van der Waals surface area contributed by atoms with Crippen LogP contribution in [0, 0.1) is 13.8 Å². The van der Waals surface area contributed by atoms with E-state index in [1.165, 1.54) is 5.56 Å². The summed E-state index contributed by atoms with van der Waals surface area (Å²) < 4.78 is 1.04. The summed E-state index contributed by atoms with van der Waals surface area (Å²) in [5.74, 6) is 0. The molecule has 1 aromatic carbocycles. The fourth-order valence-corrected chi connectivity index (χ4v) is 1.87. The number of rotatable bonds is 3. The van der Waals surface area contributed by atoms with Crippen LogP contribution in [0.5, 0.6) is 0 Å². The number of aliphatic hydroxyl groups excluding tert-OH is 1. The third kappa shape index (κ3) is 2.56. The van der Waals surface area contributed by atoms with Gasteiger partial charge in [0.2, 0.25) is 0 Å². The minimum atomic E-state index is -0.447. The third-order valence-electron chi connectivity index (χ3n) is 2.35. The molecule has 0 radical (unpaired) electrons. The molecule has 14 heavy (non-hydrogen) atoms. The molecule has 1 rings (SSSR count). The standard InChI is InChI=1S/C11H16BrNO/c1-7-5-8(2)10(12)6-9(7)11(14)3-4-13/h5-6,11,14H,3-4,13H2,1-2H3. The molecular formula is C11H16BrNO. The Labute approximate surface area is 93.3 Å². The Morgan fingerprint density at radius 2 is 2.00 bits per heavy atom. The molecule has 0 saturated carbocycles. The predicted molar refractivity (Wildman–Crippen MR) is 62.2 cm³/mol. The van der Waals surface area contributed by atoms with Crippen molar-refractivity contribution in [2.45, 2.75) is 26.4 Å². The van der Waals surface area contributed by atoms with E-state index >= 15 is 0 Å². The number of aliphatic hydroxyl groups is 1. The van der Waals surface area contributed by atoms with E-state index in [1.807, 2.05) is 19.9 Å². The molecule has 3 N–H and O–H groups in total. The van der Waals surface area contributed by atoms with Gasteiger partial charge < -0.3 is 10.8 Å². The molecule has 3 heteroatoms. The van der Waals surface area contributed by atoms with Gasteiger partial charge in [-0.15, -0.1) is 0 Å². The van der Waals surface area contributed by atoms with Crippen LogP contribution in [-0.2, 0) is 0 Å². The minimum Gasteiger partial charge on any atom is -0.388 e. The lowest BCUT2D eigenvalue weighted by Gasteiger charge is -2.14. The van der Waals surface area contributed by atoms with Crippen molar-refractivity contribution in [2.24, 2.45) is 5.73 Å². The second-order valence-corrected chi connectivity index (χ2v) is 4.41. The number of hydrogen-bond acceptors (Lipinski definition) is 2. The quantitative estimate of drug-likeness (QED) is 0.874. The van der Waals surface area contributed by atoms with E-state index in [1.54, 1.807) is 0 Å². The van der Waals surface area contributed by atoms with Gasteiger partial charge in [0.05, 0.1) is 6.10 Å². The van der Waals surface area contributed by atoms with Crippen molar-refractivity contribution in [2.75, 3.05) is 6.54 Å². The van der Waals surface area contributed by atoms with Gasteiger partial charge in [-0.1, -0.05) is 22.0 Å². The van der Waals surface area contributed by atoms with Crippen LogP contribution < -0.4 is 5.73 Å². The topological polar surface area (TPSA) is 46.2 Å². The highest BCUT2D eigenvalue weighted by atomic mass is 79.9. The Bertz CT molecular complexity index is 325. The fourth-order valence-electron chi connectivity index (χ4n) is 1.51. The molecule has 0 saturated heterocycles. The van der Waals surface area contributed by atoms with Gasteiger partial charge in [0.25, 0.3) is 0 Å². The van der Waals surface area contributed by atoms with E-state index in [2.05, 4.69) is 22.0 Å². The van der Waals surface area contributed by atoms with E-state index in [4.69, 9.17) is 5.73 Å². The highest BCUT2D eigenvalue weighted by molar-refractivity contribution is 9.10. The van der Waals surface area contributed by atoms with Crippen molar-refractivity contribution in [1.29, 1.82) is 0 Å². The van der Waals surface area contributed by atoms with Gasteiger partial charge in [-0.25, -0.2) is 0 Å². The zero-order chi connectivity index (χ0) is 10.7. The van der Waals surface area contributed by atoms with Crippen LogP contribution in [0.2, 0.25) is 0 Å². The Morgan fingerprint density at radius 1 is 1.36 bits per heavy atom. The number of nitrogens with two attached hydrogens (primary N) is 1. The van der Waals surface area contributed by atoms with Crippen LogP contribution in [0.1, 0.15) is 29.2 Å². The largest absolute Gasteiger partial charge is 0.388 e. The smallest absolute Gasteiger partial charge is 0.0805 e. The van der Waals surface area contributed by atoms with E-state index in [9.17, 15) is 5.11 Å². The molecule has 1 unspecified atom stereocenters. The van der Waals surface area contributed by atoms with Crippen molar-refractivity contribution < 1.29 is 5.11 Å². The lowest BCUT2D eigenvalue weighted by molar-refractivity contribution is 0.169. The van der Waals surface area contributed by atoms with Crippen molar-refractivity contribution in [1.82, 2.24) is 0 Å². The highest BCUT2D eigenvalue weighted by Crippen LogP contribution is 2.26. The lowest BCUT2D eigenvalue weighted by Crippen LogP contribution is -2.08. The molecule has 0 heterocycles. The van der Waals surface area contributed by atoms with Gasteiger partial charge in [-0.3, -0.25) is 0 Å². The maximum absolute atomic E-state index is 9.82. The summed E-state index contributed by atoms with van der Waals surface area (Å²) in [6, 6.07) is 4.05. The molecule has 0 aliphatic heterocycles. The van der Waals surface area contributed by atoms with E-state index < -0.39 is 6.10 Å². The second-order valence-electron chi connectivity index (χ2n) is 3.55. The summed E-state index contributed by atoms with van der Waals surface area (Å²) in [5, 5.41) is 9.82. The molecule has 78 valence electrons. The van der Waals surface area contributed by atoms with E-state index in [0.29, 0.717) is 13.0 Å². The predicted octanol–water partition coefficient (Wildman–Crippen LogP) is 2.45. The van der Waals surface area contributed by atoms with Crippen LogP contribution >= 0.6 is 15.9 Å². The number of halogens is 1. The van der Waals surface area contributed by atoms with E-state index in [0.717, 1.165) is 15.6 Å². The molecule has 0 aliphatic rings. The Kier molecular flexibility index (Phi) is 4.11. The first-order valence-electron chi connectivity index (χ1n) is 4.71. The Hall–Kier alpha value is -0.380. The number of benzene rings is 1. The summed E-state index contributed by atoms with van der Waals surface area (Å²) >= 11 is 3.46. The molecule has 2 nitrogen and oxygen atoms in total. The maximum Gasteiger partial charge on any atom is 0.0805 e. The fraction of sp³-hybridized carbons (Fsp3) is 0.455. The number of aryl methyl sites for hydroxylation is 2. The summed E-state index contributed by atoms with van der Waals surface area (Å²) in [5.41, 5.74) is 8.68. The molecule has 0 bridgehead atoms. The first-order chi connectivity index (χ1) is 6.56. The van der Waals surface area contributed by atoms with Gasteiger partial charge >= 0.3 is 0 Å². The van der Waals surface area contributed by atoms with Gasteiger partial charge in [0, 0.05) is 4.47 Å². The average molecular weight is 258 g/mol. The van der Waals surface area contributed by atoms with Crippen LogP contribution in [0.25, 0.3) is 0 Å². The van der Waals surface area contributed by atoms with Crippen molar-refractivity contribution >= 4 is 15.9 Å². The summed E-state index contributed by atoms with van der Waals surface area (Å²) in [6.07, 6.45) is 0.160. The molecule has 0 spiro atoms. The van der Waals surface area contributed by atoms with Gasteiger partial charge in [0.1, 0.15) is 0 Å². The molecule has 0 fully saturated rings. The first kappa shape index (κ1) is 11.7. The Morgan fingerprint density at radius 3 is 2.57 bits per heavy atom. The van der Waals surface area contributed by atoms with Gasteiger partial charge in [-0.05, 0) is 49.6 Å². The average Bonchev–Trinajstić information content (AvgIpc) is 2.11. The van der Waals surface area contributed by atoms with Gasteiger partial charge in [-0.2, -0.15) is 0 Å². The molecule has 0 aliphatic carbocycles. The molecule has 1 atom stereocenters. The molecular weight excluding hydrogens is 242 g/mol. The summed E-state index contributed by atoms with van der Waals surface area (Å²) in [7, 11) is 0. The lowest BCUT2D eigenvalue weighted by atomic mass is 9.99. The summed E-state index contributed by atoms with van der Waals surface area (Å²) in [6.45, 7) is 4.55. The molecule has 1 aromatic rings. The highest BCUT2D eigenvalue weighted by Gasteiger charge is 2.10. The third-order valence-corrected chi connectivity index (χ3v) is 3.20. The first-order valence-corrected chi connectivity index (χ1v) is 5.50. The van der Waals surface area contributed by atoms with Crippen LogP contribution in [0.15, 0.2) is 16.6 Å². The minimum absolute atomic E-state index is 0.447. The van der Waals surface area contributed by atoms with Crippen LogP contribution in [-0.4, -0.2) is 11.7 Å². The second kappa shape index (κ2) is 4.91. The van der Waals surface area contributed by atoms with Gasteiger partial charge in [0.15, 0.2) is 0 Å². The van der Waals surface area contributed by atoms with E-state index in [-0.39, 0.29) is 0 Å². The SMILES string of the molecule is Cc1cc(C)c(C(O)CCN)cc1Br. The van der Waals surface area contributed by atoms with Crippen molar-refractivity contribution in [3.05, 3.63) is 33.3 Å². The van der Waals surface area contributed by atoms with Crippen LogP contribution in [0.4, 0.5) is 0 Å². The Balaban J connectivity index is 3.02. The van der Waals surface area contributed by atoms with Crippen molar-refractivity contribution in [3.63, 3.8) is 0 Å². The summed E-state index contributed by atoms with van der Waals surface area (Å²) in [4.78, 5) is 0. The molecule has 0 amide bonds. The van der Waals surface area contributed by atoms with Crippen molar-refractivity contribution in [3.8, 4) is 0 Å². The zero-order valence-corrected chi connectivity index (χ0v) is 10.1. The monoisotopic (exact) mass is 257 g/mol. The maximum atomic E-state index is 9.82.